The van der Waals surface area contributed by atoms with Crippen LogP contribution >= 0.6 is 27.5 Å². The Bertz CT molecular complexity index is 584. The van der Waals surface area contributed by atoms with E-state index in [1.54, 1.807) is 0 Å². The molecular weight excluding hydrogens is 336 g/mol. The van der Waals surface area contributed by atoms with Crippen molar-refractivity contribution in [3.63, 3.8) is 0 Å². The zero-order valence-corrected chi connectivity index (χ0v) is 13.9. The van der Waals surface area contributed by atoms with Crippen LogP contribution in [0.25, 0.3) is 0 Å². The second kappa shape index (κ2) is 6.61. The van der Waals surface area contributed by atoms with Crippen molar-refractivity contribution in [3.8, 4) is 0 Å². The SMILES string of the molecule is CC(c1ccc(Cl)cc1)N(C)Cc1ccc(N)cc1Br. The van der Waals surface area contributed by atoms with Crippen molar-refractivity contribution in [1.29, 1.82) is 0 Å². The third kappa shape index (κ3) is 3.75. The Morgan fingerprint density at radius 3 is 2.45 bits per heavy atom. The Hall–Kier alpha value is -1.03. The predicted octanol–water partition coefficient (Wildman–Crippen LogP) is 4.88. The van der Waals surface area contributed by atoms with E-state index in [1.165, 1.54) is 11.1 Å². The van der Waals surface area contributed by atoms with Crippen LogP contribution < -0.4 is 5.73 Å². The van der Waals surface area contributed by atoms with Crippen molar-refractivity contribution in [1.82, 2.24) is 4.90 Å². The summed E-state index contributed by atoms with van der Waals surface area (Å²) in [7, 11) is 2.11. The highest BCUT2D eigenvalue weighted by Gasteiger charge is 2.13. The smallest absolute Gasteiger partial charge is 0.0406 e. The van der Waals surface area contributed by atoms with Crippen molar-refractivity contribution in [2.75, 3.05) is 12.8 Å². The van der Waals surface area contributed by atoms with E-state index in [1.807, 2.05) is 24.3 Å². The lowest BCUT2D eigenvalue weighted by Crippen LogP contribution is -2.22. The predicted molar refractivity (Wildman–Crippen MR) is 89.9 cm³/mol. The van der Waals surface area contributed by atoms with E-state index in [0.717, 1.165) is 21.7 Å². The van der Waals surface area contributed by atoms with Gasteiger partial charge in [0.1, 0.15) is 0 Å². The summed E-state index contributed by atoms with van der Waals surface area (Å²) in [5, 5.41) is 0.768. The molecule has 2 N–H and O–H groups in total. The number of rotatable bonds is 4. The number of benzene rings is 2. The Morgan fingerprint density at radius 1 is 1.20 bits per heavy atom. The summed E-state index contributed by atoms with van der Waals surface area (Å²) in [6.07, 6.45) is 0. The number of hydrogen-bond acceptors (Lipinski definition) is 2. The van der Waals surface area contributed by atoms with Crippen LogP contribution in [0.3, 0.4) is 0 Å². The molecule has 2 rings (SSSR count). The first kappa shape index (κ1) is 15.4. The molecule has 2 aromatic rings. The Labute approximate surface area is 133 Å². The molecular formula is C16H18BrClN2. The average Bonchev–Trinajstić information content (AvgIpc) is 2.42. The first-order valence-corrected chi connectivity index (χ1v) is 7.64. The van der Waals surface area contributed by atoms with Crippen molar-refractivity contribution >= 4 is 33.2 Å². The summed E-state index contributed by atoms with van der Waals surface area (Å²) in [4.78, 5) is 2.29. The summed E-state index contributed by atoms with van der Waals surface area (Å²) in [6, 6.07) is 14.3. The fourth-order valence-corrected chi connectivity index (χ4v) is 2.74. The number of halogens is 2. The molecule has 4 heteroatoms. The van der Waals surface area contributed by atoms with E-state index in [4.69, 9.17) is 17.3 Å². The second-order valence-corrected chi connectivity index (χ2v) is 6.28. The third-order valence-corrected chi connectivity index (χ3v) is 4.50. The van der Waals surface area contributed by atoms with E-state index < -0.39 is 0 Å². The minimum Gasteiger partial charge on any atom is -0.399 e. The zero-order valence-electron chi connectivity index (χ0n) is 11.6. The minimum atomic E-state index is 0.316. The molecule has 1 unspecified atom stereocenters. The van der Waals surface area contributed by atoms with Gasteiger partial charge in [0.2, 0.25) is 0 Å². The molecule has 0 aliphatic rings. The average molecular weight is 354 g/mol. The van der Waals surface area contributed by atoms with Crippen LogP contribution in [0.15, 0.2) is 46.9 Å². The molecule has 0 saturated carbocycles. The summed E-state index contributed by atoms with van der Waals surface area (Å²) in [5.41, 5.74) is 9.02. The van der Waals surface area contributed by atoms with E-state index in [9.17, 15) is 0 Å². The summed E-state index contributed by atoms with van der Waals surface area (Å²) < 4.78 is 1.05. The van der Waals surface area contributed by atoms with Gasteiger partial charge in [-0.15, -0.1) is 0 Å². The number of nitrogens with zero attached hydrogens (tertiary/aromatic N) is 1. The molecule has 0 fully saturated rings. The fraction of sp³-hybridized carbons (Fsp3) is 0.250. The van der Waals surface area contributed by atoms with Gasteiger partial charge in [0.05, 0.1) is 0 Å². The normalized spacial score (nSPS) is 12.7. The van der Waals surface area contributed by atoms with Crippen molar-refractivity contribution in [3.05, 3.63) is 63.1 Å². The molecule has 20 heavy (non-hydrogen) atoms. The maximum Gasteiger partial charge on any atom is 0.0406 e. The lowest BCUT2D eigenvalue weighted by atomic mass is 10.1. The largest absolute Gasteiger partial charge is 0.399 e. The molecule has 0 aromatic heterocycles. The van der Waals surface area contributed by atoms with Gasteiger partial charge in [0.25, 0.3) is 0 Å². The van der Waals surface area contributed by atoms with Crippen molar-refractivity contribution in [2.24, 2.45) is 0 Å². The van der Waals surface area contributed by atoms with Crippen molar-refractivity contribution < 1.29 is 0 Å². The van der Waals surface area contributed by atoms with E-state index in [-0.39, 0.29) is 0 Å². The van der Waals surface area contributed by atoms with Gasteiger partial charge in [-0.25, -0.2) is 0 Å². The van der Waals surface area contributed by atoms with E-state index in [2.05, 4.69) is 53.0 Å². The van der Waals surface area contributed by atoms with Crippen LogP contribution in [-0.2, 0) is 6.54 Å². The molecule has 106 valence electrons. The highest BCUT2D eigenvalue weighted by Crippen LogP contribution is 2.26. The maximum atomic E-state index is 5.93. The number of nitrogen functional groups attached to an aromatic ring is 1. The van der Waals surface area contributed by atoms with Gasteiger partial charge in [0.15, 0.2) is 0 Å². The minimum absolute atomic E-state index is 0.316. The highest BCUT2D eigenvalue weighted by atomic mass is 79.9. The van der Waals surface area contributed by atoms with Crippen molar-refractivity contribution in [2.45, 2.75) is 19.5 Å². The van der Waals surface area contributed by atoms with Crippen LogP contribution in [0.2, 0.25) is 5.02 Å². The Morgan fingerprint density at radius 2 is 1.85 bits per heavy atom. The third-order valence-electron chi connectivity index (χ3n) is 3.51. The maximum absolute atomic E-state index is 5.93. The second-order valence-electron chi connectivity index (χ2n) is 4.99. The van der Waals surface area contributed by atoms with Gasteiger partial charge in [-0.3, -0.25) is 4.90 Å². The van der Waals surface area contributed by atoms with Crippen LogP contribution in [0, 0.1) is 0 Å². The molecule has 0 bridgehead atoms. The lowest BCUT2D eigenvalue weighted by molar-refractivity contribution is 0.252. The number of nitrogens with two attached hydrogens (primary N) is 1. The first-order valence-electron chi connectivity index (χ1n) is 6.47. The standard InChI is InChI=1S/C16H18BrClN2/c1-11(12-3-6-14(18)7-4-12)20(2)10-13-5-8-15(19)9-16(13)17/h3-9,11H,10,19H2,1-2H3. The van der Waals surface area contributed by atoms with Crippen LogP contribution in [0.5, 0.6) is 0 Å². The van der Waals surface area contributed by atoms with E-state index in [0.29, 0.717) is 6.04 Å². The van der Waals surface area contributed by atoms with Crippen LogP contribution in [0.1, 0.15) is 24.1 Å². The quantitative estimate of drug-likeness (QED) is 0.794. The molecule has 0 heterocycles. The molecule has 0 spiro atoms. The molecule has 2 nitrogen and oxygen atoms in total. The molecule has 0 radical (unpaired) electrons. The monoisotopic (exact) mass is 352 g/mol. The molecule has 0 saturated heterocycles. The summed E-state index contributed by atoms with van der Waals surface area (Å²) in [6.45, 7) is 3.04. The van der Waals surface area contributed by atoms with Crippen LogP contribution in [-0.4, -0.2) is 11.9 Å². The van der Waals surface area contributed by atoms with Gasteiger partial charge in [-0.1, -0.05) is 45.7 Å². The Balaban J connectivity index is 2.11. The molecule has 2 aromatic carbocycles. The number of hydrogen-bond donors (Lipinski definition) is 1. The topological polar surface area (TPSA) is 29.3 Å². The molecule has 0 amide bonds. The Kier molecular flexibility index (Phi) is 5.08. The van der Waals surface area contributed by atoms with Gasteiger partial charge in [-0.2, -0.15) is 0 Å². The zero-order chi connectivity index (χ0) is 14.7. The number of anilines is 1. The first-order chi connectivity index (χ1) is 9.47. The lowest BCUT2D eigenvalue weighted by Gasteiger charge is -2.25. The molecule has 1 atom stereocenters. The summed E-state index contributed by atoms with van der Waals surface area (Å²) >= 11 is 9.50. The van der Waals surface area contributed by atoms with Gasteiger partial charge < -0.3 is 5.73 Å². The van der Waals surface area contributed by atoms with Gasteiger partial charge in [-0.05, 0) is 49.4 Å². The fourth-order valence-electron chi connectivity index (χ4n) is 2.09. The summed E-state index contributed by atoms with van der Waals surface area (Å²) in [5.74, 6) is 0. The van der Waals surface area contributed by atoms with Crippen LogP contribution in [0.4, 0.5) is 5.69 Å². The van der Waals surface area contributed by atoms with Gasteiger partial charge >= 0.3 is 0 Å². The molecule has 0 aliphatic carbocycles. The van der Waals surface area contributed by atoms with Gasteiger partial charge in [0, 0.05) is 27.8 Å². The molecule has 0 aliphatic heterocycles. The van der Waals surface area contributed by atoms with E-state index >= 15 is 0 Å². The highest BCUT2D eigenvalue weighted by molar-refractivity contribution is 9.10.